The van der Waals surface area contributed by atoms with Gasteiger partial charge in [0.25, 0.3) is 5.56 Å². The number of nitrogen functional groups attached to an aromatic ring is 1. The van der Waals surface area contributed by atoms with Crippen molar-refractivity contribution in [2.75, 3.05) is 32.7 Å². The van der Waals surface area contributed by atoms with Gasteiger partial charge in [-0.2, -0.15) is 4.98 Å². The molecule has 0 amide bonds. The number of imidazole rings is 1. The molecule has 18 heteroatoms. The Balaban J connectivity index is 2.49. The quantitative estimate of drug-likeness (QED) is 0.0759. The fraction of sp³-hybridized carbons (Fsp3) is 0.700. The van der Waals surface area contributed by atoms with Gasteiger partial charge in [0.2, 0.25) is 11.6 Å². The topological polar surface area (TPSA) is 222 Å². The van der Waals surface area contributed by atoms with Gasteiger partial charge in [0.15, 0.2) is 11.2 Å². The average molecular weight is 702 g/mol. The first-order valence-corrected chi connectivity index (χ1v) is 17.3. The number of rotatable bonds is 20. The highest BCUT2D eigenvalue weighted by atomic mass is 31.2. The maximum Gasteiger partial charge on any atom is 0.342 e. The highest BCUT2D eigenvalue weighted by molar-refractivity contribution is 7.54. The number of aromatic amines is 1. The number of ether oxygens (including phenoxy) is 3. The van der Waals surface area contributed by atoms with Gasteiger partial charge >= 0.3 is 19.6 Å². The van der Waals surface area contributed by atoms with Crippen LogP contribution in [0.2, 0.25) is 0 Å². The zero-order valence-electron chi connectivity index (χ0n) is 28.7. The van der Waals surface area contributed by atoms with Crippen LogP contribution in [0.5, 0.6) is 0 Å². The van der Waals surface area contributed by atoms with E-state index in [2.05, 4.69) is 25.1 Å². The lowest BCUT2D eigenvalue weighted by Crippen LogP contribution is -2.52. The Bertz CT molecular complexity index is 1490. The van der Waals surface area contributed by atoms with Crippen molar-refractivity contribution in [3.05, 3.63) is 16.7 Å². The number of fused-ring (bicyclic) bond motifs is 1. The van der Waals surface area contributed by atoms with Crippen molar-refractivity contribution >= 4 is 36.7 Å². The number of halogens is 1. The molecular formula is C30H49FN7O9P. The van der Waals surface area contributed by atoms with Crippen LogP contribution < -0.4 is 21.5 Å². The second-order valence-corrected chi connectivity index (χ2v) is 13.9. The highest BCUT2D eigenvalue weighted by Gasteiger charge is 2.49. The smallest absolute Gasteiger partial charge is 0.342 e. The number of carbonyl (C=O) groups is 2. The molecule has 6 atom stereocenters. The third-order valence-electron chi connectivity index (χ3n) is 7.41. The summed E-state index contributed by atoms with van der Waals surface area (Å²) in [6.07, 6.45) is 3.44. The molecular weight excluding hydrogens is 652 g/mol. The number of aliphatic hydroxyl groups is 1. The summed E-state index contributed by atoms with van der Waals surface area (Å²) in [5.41, 5.74) is 1.89. The van der Waals surface area contributed by atoms with Crippen molar-refractivity contribution in [1.82, 2.24) is 29.7 Å². The number of anilines is 1. The number of alkyl halides is 1. The molecule has 2 rings (SSSR count). The van der Waals surface area contributed by atoms with Crippen molar-refractivity contribution in [3.8, 4) is 12.3 Å². The Morgan fingerprint density at radius 1 is 1.12 bits per heavy atom. The van der Waals surface area contributed by atoms with Gasteiger partial charge in [-0.05, 0) is 45.4 Å². The molecule has 0 aromatic carbocycles. The number of hydrogen-bond donors (Lipinski definition) is 5. The van der Waals surface area contributed by atoms with Crippen LogP contribution in [0.25, 0.3) is 11.2 Å². The maximum atomic E-state index is 16.7. The molecule has 0 aliphatic rings. The number of H-pyrrole nitrogens is 1. The van der Waals surface area contributed by atoms with Crippen molar-refractivity contribution in [2.24, 2.45) is 11.8 Å². The van der Waals surface area contributed by atoms with E-state index in [0.717, 1.165) is 18.0 Å². The van der Waals surface area contributed by atoms with E-state index < -0.39 is 67.8 Å². The third kappa shape index (κ3) is 10.3. The molecule has 0 spiro atoms. The molecule has 0 aliphatic carbocycles. The summed E-state index contributed by atoms with van der Waals surface area (Å²) < 4.78 is 53.9. The van der Waals surface area contributed by atoms with E-state index >= 15 is 4.39 Å². The average Bonchev–Trinajstić information content (AvgIpc) is 3.43. The highest BCUT2D eigenvalue weighted by Crippen LogP contribution is 2.42. The first-order valence-electron chi connectivity index (χ1n) is 15.7. The molecule has 0 bridgehead atoms. The van der Waals surface area contributed by atoms with Crippen molar-refractivity contribution in [3.63, 3.8) is 0 Å². The lowest BCUT2D eigenvalue weighted by Gasteiger charge is -2.36. The summed E-state index contributed by atoms with van der Waals surface area (Å²) in [6, 6.07) is -3.67. The molecule has 270 valence electrons. The van der Waals surface area contributed by atoms with Crippen molar-refractivity contribution in [2.45, 2.75) is 97.3 Å². The molecule has 0 radical (unpaired) electrons. The van der Waals surface area contributed by atoms with Crippen LogP contribution in [0.4, 0.5) is 10.3 Å². The monoisotopic (exact) mass is 701 g/mol. The van der Waals surface area contributed by atoms with E-state index in [9.17, 15) is 24.1 Å². The van der Waals surface area contributed by atoms with Gasteiger partial charge in [-0.3, -0.25) is 23.9 Å². The zero-order chi connectivity index (χ0) is 36.4. The Morgan fingerprint density at radius 3 is 2.08 bits per heavy atom. The number of hydrogen-bond acceptors (Lipinski definition) is 12. The summed E-state index contributed by atoms with van der Waals surface area (Å²) in [6.45, 7) is 11.3. The third-order valence-corrected chi connectivity index (χ3v) is 9.23. The number of nitrogens with two attached hydrogens (primary N) is 1. The van der Waals surface area contributed by atoms with Crippen LogP contribution in [0, 0.1) is 24.2 Å². The predicted octanol–water partition coefficient (Wildman–Crippen LogP) is 2.24. The molecule has 6 N–H and O–H groups in total. The number of nitrogens with zero attached hydrogens (tertiary/aromatic N) is 3. The molecule has 0 fully saturated rings. The van der Waals surface area contributed by atoms with Gasteiger partial charge in [-0.1, -0.05) is 33.6 Å². The molecule has 2 heterocycles. The normalized spacial score (nSPS) is 17.6. The second-order valence-electron chi connectivity index (χ2n) is 12.1. The minimum atomic E-state index is -4.43. The van der Waals surface area contributed by atoms with Gasteiger partial charge in [-0.15, -0.1) is 6.42 Å². The first-order chi connectivity index (χ1) is 22.5. The van der Waals surface area contributed by atoms with Crippen molar-refractivity contribution in [1.29, 1.82) is 0 Å². The fourth-order valence-corrected chi connectivity index (χ4v) is 6.80. The molecule has 0 saturated heterocycles. The Morgan fingerprint density at radius 2 is 1.65 bits per heavy atom. The standard InChI is InChI=1S/C30H49FN7O9P/c1-10-30(31,19(8)38-16-33-23-25(38)34-29(32)35-26(23)40)24(39)22(44-9)15-47-48(43,36-20(13-17(4)5)27(41)45-11-2)37-21(14-18(6)7)28(42)46-12-3/h1,16-22,24,39H,11-15H2,2-9H3,(H2,36,37,43)(H3,32,34,35,40)/t19?,20?,21?,22?,24?,30-,48?/m1/s1. The van der Waals surface area contributed by atoms with E-state index in [1.165, 1.54) is 6.92 Å². The Labute approximate surface area is 279 Å². The molecule has 2 aromatic heterocycles. The number of carbonyl (C=O) groups excluding carboxylic acids is 2. The van der Waals surface area contributed by atoms with Crippen LogP contribution in [0.15, 0.2) is 11.1 Å². The van der Waals surface area contributed by atoms with E-state index in [1.807, 2.05) is 33.6 Å². The molecule has 0 saturated carbocycles. The minimum Gasteiger partial charge on any atom is -0.465 e. The number of aromatic nitrogens is 4. The SMILES string of the molecule is C#C[C@](F)(C(O)C(COP(=O)(NC(CC(C)C)C(=O)OCC)NC(CC(C)C)C(=O)OCC)OC)C(C)n1cnc2c(=O)[nH]c(N)nc21. The van der Waals surface area contributed by atoms with Crippen molar-refractivity contribution < 1.29 is 42.4 Å². The number of nitrogens with one attached hydrogen (secondary N) is 3. The van der Waals surface area contributed by atoms with Gasteiger partial charge in [0.1, 0.15) is 24.3 Å². The molecule has 2 aromatic rings. The van der Waals surface area contributed by atoms with Gasteiger partial charge < -0.3 is 34.1 Å². The van der Waals surface area contributed by atoms with Crippen LogP contribution in [0.1, 0.15) is 67.3 Å². The van der Waals surface area contributed by atoms with Crippen LogP contribution in [-0.2, 0) is 32.9 Å². The predicted molar refractivity (Wildman–Crippen MR) is 176 cm³/mol. The molecule has 48 heavy (non-hydrogen) atoms. The number of methoxy groups -OCH3 is 1. The van der Waals surface area contributed by atoms with E-state index in [1.54, 1.807) is 13.8 Å². The maximum absolute atomic E-state index is 16.7. The molecule has 0 aliphatic heterocycles. The summed E-state index contributed by atoms with van der Waals surface area (Å²) in [4.78, 5) is 48.4. The van der Waals surface area contributed by atoms with Gasteiger partial charge in [0.05, 0.1) is 32.2 Å². The van der Waals surface area contributed by atoms with Gasteiger partial charge in [-0.25, -0.2) is 19.5 Å². The Kier molecular flexibility index (Phi) is 15.2. The van der Waals surface area contributed by atoms with E-state index in [4.69, 9.17) is 30.9 Å². The zero-order valence-corrected chi connectivity index (χ0v) is 29.6. The van der Waals surface area contributed by atoms with Crippen LogP contribution >= 0.6 is 7.67 Å². The molecule has 16 nitrogen and oxygen atoms in total. The lowest BCUT2D eigenvalue weighted by atomic mass is 9.88. The van der Waals surface area contributed by atoms with Gasteiger partial charge in [0, 0.05) is 7.11 Å². The van der Waals surface area contributed by atoms with E-state index in [0.29, 0.717) is 0 Å². The second kappa shape index (κ2) is 17.8. The summed E-state index contributed by atoms with van der Waals surface area (Å²) >= 11 is 0. The first kappa shape index (κ1) is 40.8. The van der Waals surface area contributed by atoms with Crippen LogP contribution in [-0.4, -0.2) is 93.5 Å². The summed E-state index contributed by atoms with van der Waals surface area (Å²) in [5, 5.41) is 16.7. The van der Waals surface area contributed by atoms with Crippen LogP contribution in [0.3, 0.4) is 0 Å². The Hall–Kier alpha value is -3.39. The largest absolute Gasteiger partial charge is 0.465 e. The van der Waals surface area contributed by atoms with E-state index in [-0.39, 0.29) is 55.0 Å². The number of terminal acetylenes is 1. The lowest BCUT2D eigenvalue weighted by molar-refractivity contribution is -0.146. The number of esters is 2. The molecule has 5 unspecified atom stereocenters. The summed E-state index contributed by atoms with van der Waals surface area (Å²) in [5.74, 6) is 0.186. The minimum absolute atomic E-state index is 0.0516. The fourth-order valence-electron chi connectivity index (χ4n) is 4.97. The number of aliphatic hydroxyl groups excluding tert-OH is 1. The summed E-state index contributed by atoms with van der Waals surface area (Å²) in [7, 11) is -3.27.